The van der Waals surface area contributed by atoms with Gasteiger partial charge in [0.1, 0.15) is 13.2 Å². The van der Waals surface area contributed by atoms with Crippen LogP contribution in [0.15, 0.2) is 0 Å². The van der Waals surface area contributed by atoms with E-state index in [9.17, 15) is 9.59 Å². The van der Waals surface area contributed by atoms with Gasteiger partial charge in [-0.2, -0.15) is 0 Å². The number of likely N-dealkylation sites (N-methyl/N-ethyl adjacent to an activating group) is 1. The van der Waals surface area contributed by atoms with E-state index < -0.39 is 0 Å². The van der Waals surface area contributed by atoms with Gasteiger partial charge in [0.25, 0.3) is 0 Å². The number of hydrogen-bond acceptors (Lipinski definition) is 5. The summed E-state index contributed by atoms with van der Waals surface area (Å²) in [6.45, 7) is 5.17. The van der Waals surface area contributed by atoms with Gasteiger partial charge in [-0.25, -0.2) is 0 Å². The number of hydrogen-bond donors (Lipinski definition) is 0. The summed E-state index contributed by atoms with van der Waals surface area (Å²) in [7, 11) is 1.88. The van der Waals surface area contributed by atoms with Crippen LogP contribution in [0.3, 0.4) is 0 Å². The number of rotatable bonds is 7. The van der Waals surface area contributed by atoms with Crippen LogP contribution in [0, 0.1) is 0 Å². The maximum absolute atomic E-state index is 10.8. The van der Waals surface area contributed by atoms with E-state index in [1.165, 1.54) is 6.92 Å². The lowest BCUT2D eigenvalue weighted by molar-refractivity contribution is -0.143. The van der Waals surface area contributed by atoms with Crippen LogP contribution in [0.5, 0.6) is 0 Å². The fraction of sp³-hybridized carbons (Fsp3) is 0.800. The first-order valence-corrected chi connectivity index (χ1v) is 5.03. The van der Waals surface area contributed by atoms with Crippen molar-refractivity contribution in [2.75, 3.05) is 33.4 Å². The predicted octanol–water partition coefficient (Wildman–Crippen LogP) is 0.435. The molecule has 0 spiro atoms. The van der Waals surface area contributed by atoms with Gasteiger partial charge in [-0.05, 0) is 7.05 Å². The first-order valence-electron chi connectivity index (χ1n) is 5.03. The summed E-state index contributed by atoms with van der Waals surface area (Å²) < 4.78 is 9.67. The highest BCUT2D eigenvalue weighted by Crippen LogP contribution is 1.88. The summed E-state index contributed by atoms with van der Waals surface area (Å²) in [5, 5.41) is 0. The van der Waals surface area contributed by atoms with Gasteiger partial charge in [0, 0.05) is 26.4 Å². The topological polar surface area (TPSA) is 55.8 Å². The Bertz CT molecular complexity index is 206. The molecule has 0 rings (SSSR count). The van der Waals surface area contributed by atoms with Gasteiger partial charge in [0.05, 0.1) is 0 Å². The molecule has 0 aliphatic rings. The van der Waals surface area contributed by atoms with Crippen LogP contribution < -0.4 is 0 Å². The molecule has 0 aromatic rings. The first-order chi connectivity index (χ1) is 7.06. The molecular weight excluding hydrogens is 198 g/mol. The van der Waals surface area contributed by atoms with Crippen LogP contribution in [0.2, 0.25) is 0 Å². The first kappa shape index (κ1) is 13.9. The molecule has 15 heavy (non-hydrogen) atoms. The molecule has 0 saturated carbocycles. The van der Waals surface area contributed by atoms with Gasteiger partial charge in [0.15, 0.2) is 0 Å². The molecule has 5 nitrogen and oxygen atoms in total. The minimum atomic E-state index is -0.277. The van der Waals surface area contributed by atoms with E-state index in [2.05, 4.69) is 0 Å². The van der Waals surface area contributed by atoms with E-state index in [1.54, 1.807) is 6.92 Å². The van der Waals surface area contributed by atoms with Crippen molar-refractivity contribution < 1.29 is 19.1 Å². The fourth-order valence-corrected chi connectivity index (χ4v) is 0.874. The summed E-state index contributed by atoms with van der Waals surface area (Å²) in [4.78, 5) is 23.2. The maximum Gasteiger partial charge on any atom is 0.305 e. The highest BCUT2D eigenvalue weighted by molar-refractivity contribution is 5.68. The minimum absolute atomic E-state index is 0.191. The lowest BCUT2D eigenvalue weighted by Crippen LogP contribution is -2.28. The van der Waals surface area contributed by atoms with E-state index >= 15 is 0 Å². The second-order valence-corrected chi connectivity index (χ2v) is 3.22. The van der Waals surface area contributed by atoms with E-state index in [4.69, 9.17) is 9.47 Å². The zero-order valence-electron chi connectivity index (χ0n) is 9.62. The third-order valence-corrected chi connectivity index (χ3v) is 1.80. The van der Waals surface area contributed by atoms with Gasteiger partial charge < -0.3 is 9.47 Å². The Labute approximate surface area is 90.3 Å². The molecule has 0 N–H and O–H groups in total. The quantitative estimate of drug-likeness (QED) is 0.579. The van der Waals surface area contributed by atoms with Crippen LogP contribution in [0.1, 0.15) is 20.3 Å². The largest absolute Gasteiger partial charge is 0.465 e. The van der Waals surface area contributed by atoms with Crippen molar-refractivity contribution in [2.45, 2.75) is 20.3 Å². The molecule has 0 amide bonds. The number of ether oxygens (including phenoxy) is 2. The molecule has 5 heteroatoms. The van der Waals surface area contributed by atoms with Crippen molar-refractivity contribution in [1.29, 1.82) is 0 Å². The normalized spacial score (nSPS) is 10.1. The van der Waals surface area contributed by atoms with Crippen molar-refractivity contribution in [3.05, 3.63) is 0 Å². The molecule has 0 bridgehead atoms. The van der Waals surface area contributed by atoms with Gasteiger partial charge in [-0.1, -0.05) is 6.92 Å². The molecule has 0 atom stereocenters. The average Bonchev–Trinajstić information content (AvgIpc) is 2.17. The molecule has 0 fully saturated rings. The van der Waals surface area contributed by atoms with E-state index in [0.717, 1.165) is 0 Å². The average molecular weight is 217 g/mol. The van der Waals surface area contributed by atoms with Crippen molar-refractivity contribution in [3.8, 4) is 0 Å². The summed E-state index contributed by atoms with van der Waals surface area (Å²) in [5.41, 5.74) is 0. The Morgan fingerprint density at radius 2 is 1.67 bits per heavy atom. The van der Waals surface area contributed by atoms with Gasteiger partial charge >= 0.3 is 11.9 Å². The van der Waals surface area contributed by atoms with Crippen LogP contribution in [0.4, 0.5) is 0 Å². The summed E-state index contributed by atoms with van der Waals surface area (Å²) >= 11 is 0. The summed E-state index contributed by atoms with van der Waals surface area (Å²) in [5.74, 6) is -0.468. The monoisotopic (exact) mass is 217 g/mol. The molecule has 0 aliphatic carbocycles. The van der Waals surface area contributed by atoms with Crippen LogP contribution in [0.25, 0.3) is 0 Å². The maximum atomic E-state index is 10.8. The van der Waals surface area contributed by atoms with Crippen LogP contribution >= 0.6 is 0 Å². The van der Waals surface area contributed by atoms with E-state index in [-0.39, 0.29) is 11.9 Å². The molecule has 0 aromatic carbocycles. The highest BCUT2D eigenvalue weighted by atomic mass is 16.5. The zero-order valence-corrected chi connectivity index (χ0v) is 9.62. The summed E-state index contributed by atoms with van der Waals surface area (Å²) in [6.07, 6.45) is 0.400. The fourth-order valence-electron chi connectivity index (χ4n) is 0.874. The van der Waals surface area contributed by atoms with Gasteiger partial charge in [0.2, 0.25) is 0 Å². The standard InChI is InChI=1S/C10H19NO4/c1-4-10(13)15-8-6-11(3)5-7-14-9(2)12/h4-8H2,1-3H3. The molecule has 0 aromatic heterocycles. The molecular formula is C10H19NO4. The van der Waals surface area contributed by atoms with Gasteiger partial charge in [-0.15, -0.1) is 0 Å². The lowest BCUT2D eigenvalue weighted by atomic mass is 10.5. The molecule has 0 aliphatic heterocycles. The molecule has 88 valence electrons. The smallest absolute Gasteiger partial charge is 0.305 e. The number of esters is 2. The number of carbonyl (C=O) groups is 2. The number of nitrogens with zero attached hydrogens (tertiary/aromatic N) is 1. The molecule has 0 unspecified atom stereocenters. The van der Waals surface area contributed by atoms with Crippen LogP contribution in [-0.4, -0.2) is 50.2 Å². The Kier molecular flexibility index (Phi) is 7.62. The third kappa shape index (κ3) is 9.21. The Balaban J connectivity index is 3.37. The molecule has 0 heterocycles. The lowest BCUT2D eigenvalue weighted by Gasteiger charge is -2.15. The van der Waals surface area contributed by atoms with Crippen molar-refractivity contribution in [3.63, 3.8) is 0 Å². The Hall–Kier alpha value is -1.10. The second kappa shape index (κ2) is 8.23. The Morgan fingerprint density at radius 3 is 2.13 bits per heavy atom. The van der Waals surface area contributed by atoms with Gasteiger partial charge in [-0.3, -0.25) is 14.5 Å². The molecule has 0 radical (unpaired) electrons. The van der Waals surface area contributed by atoms with E-state index in [1.807, 2.05) is 11.9 Å². The Morgan fingerprint density at radius 1 is 1.13 bits per heavy atom. The van der Waals surface area contributed by atoms with Crippen molar-refractivity contribution >= 4 is 11.9 Å². The SMILES string of the molecule is CCC(=O)OCCN(C)CCOC(C)=O. The number of carbonyl (C=O) groups excluding carboxylic acids is 2. The molecule has 0 saturated heterocycles. The third-order valence-electron chi connectivity index (χ3n) is 1.80. The minimum Gasteiger partial charge on any atom is -0.465 e. The van der Waals surface area contributed by atoms with E-state index in [0.29, 0.717) is 32.7 Å². The summed E-state index contributed by atoms with van der Waals surface area (Å²) in [6, 6.07) is 0. The predicted molar refractivity (Wildman–Crippen MR) is 55.4 cm³/mol. The van der Waals surface area contributed by atoms with Crippen molar-refractivity contribution in [2.24, 2.45) is 0 Å². The van der Waals surface area contributed by atoms with Crippen molar-refractivity contribution in [1.82, 2.24) is 4.90 Å². The van der Waals surface area contributed by atoms with Crippen LogP contribution in [-0.2, 0) is 19.1 Å². The highest BCUT2D eigenvalue weighted by Gasteiger charge is 2.02. The zero-order chi connectivity index (χ0) is 11.7. The second-order valence-electron chi connectivity index (χ2n) is 3.22.